The molecule has 2 bridgehead atoms. The van der Waals surface area contributed by atoms with E-state index in [0.29, 0.717) is 5.41 Å². The zero-order valence-corrected chi connectivity index (χ0v) is 36.3. The van der Waals surface area contributed by atoms with Crippen molar-refractivity contribution in [2.45, 2.75) is 112 Å². The fourth-order valence-corrected chi connectivity index (χ4v) is 16.5. The summed E-state index contributed by atoms with van der Waals surface area (Å²) in [5.74, 6) is 3.32. The largest absolute Gasteiger partial charge is 0.309 e. The molecule has 294 valence electrons. The lowest BCUT2D eigenvalue weighted by Gasteiger charge is -2.78. The highest BCUT2D eigenvalue weighted by molar-refractivity contribution is 7.99. The maximum absolute atomic E-state index is 2.74. The van der Waals surface area contributed by atoms with Crippen LogP contribution in [0.5, 0.6) is 0 Å². The van der Waals surface area contributed by atoms with Crippen molar-refractivity contribution in [3.8, 4) is 22.3 Å². The van der Waals surface area contributed by atoms with Gasteiger partial charge in [0.05, 0.1) is 11.4 Å². The molecule has 6 unspecified atom stereocenters. The van der Waals surface area contributed by atoms with Crippen molar-refractivity contribution in [2.75, 3.05) is 4.90 Å². The Bertz CT molecular complexity index is 2790. The van der Waals surface area contributed by atoms with Crippen LogP contribution in [0.4, 0.5) is 17.1 Å². The predicted molar refractivity (Wildman–Crippen MR) is 246 cm³/mol. The van der Waals surface area contributed by atoms with Crippen molar-refractivity contribution >= 4 is 28.8 Å². The third-order valence-electron chi connectivity index (χ3n) is 17.8. The lowest BCUT2D eigenvalue weighted by atomic mass is 9.26. The molecular weight excluding hydrogens is 731 g/mol. The van der Waals surface area contributed by atoms with E-state index in [1.165, 1.54) is 110 Å². The molecule has 0 saturated heterocycles. The summed E-state index contributed by atoms with van der Waals surface area (Å²) in [5, 5.41) is 0. The first kappa shape index (κ1) is 35.2. The van der Waals surface area contributed by atoms with Crippen LogP contribution in [0.1, 0.15) is 113 Å². The van der Waals surface area contributed by atoms with E-state index >= 15 is 0 Å². The molecule has 0 N–H and O–H groups in total. The van der Waals surface area contributed by atoms with Gasteiger partial charge in [-0.1, -0.05) is 144 Å². The second-order valence-electron chi connectivity index (χ2n) is 21.6. The summed E-state index contributed by atoms with van der Waals surface area (Å²) < 4.78 is 0. The summed E-state index contributed by atoms with van der Waals surface area (Å²) in [6.07, 6.45) is 8.14. The maximum atomic E-state index is 2.74. The third-order valence-corrected chi connectivity index (χ3v) is 19.0. The summed E-state index contributed by atoms with van der Waals surface area (Å²) in [6, 6.07) is 50.1. The Morgan fingerprint density at radius 3 is 2.08 bits per heavy atom. The molecule has 4 saturated carbocycles. The van der Waals surface area contributed by atoms with Gasteiger partial charge in [0.2, 0.25) is 0 Å². The molecule has 2 spiro atoms. The smallest absolute Gasteiger partial charge is 0.0604 e. The second kappa shape index (κ2) is 11.4. The van der Waals surface area contributed by atoms with E-state index in [-0.39, 0.29) is 21.7 Å². The van der Waals surface area contributed by atoms with Crippen LogP contribution in [-0.2, 0) is 21.7 Å². The fourth-order valence-electron chi connectivity index (χ4n) is 15.2. The molecule has 7 aliphatic rings. The molecule has 6 aliphatic carbocycles. The van der Waals surface area contributed by atoms with E-state index in [4.69, 9.17) is 0 Å². The molecule has 6 atom stereocenters. The molecule has 1 nitrogen and oxygen atoms in total. The number of hydrogen-bond acceptors (Lipinski definition) is 2. The zero-order valence-electron chi connectivity index (χ0n) is 35.5. The minimum atomic E-state index is -0.0852. The Hall–Kier alpha value is -4.53. The van der Waals surface area contributed by atoms with Crippen LogP contribution in [0.15, 0.2) is 137 Å². The van der Waals surface area contributed by atoms with Gasteiger partial charge in [-0.15, -0.1) is 0 Å². The average Bonchev–Trinajstić information content (AvgIpc) is 3.85. The molecule has 0 aromatic heterocycles. The minimum Gasteiger partial charge on any atom is -0.309 e. The Morgan fingerprint density at radius 2 is 1.25 bits per heavy atom. The normalized spacial score (nSPS) is 29.6. The lowest BCUT2D eigenvalue weighted by Crippen LogP contribution is -2.74. The van der Waals surface area contributed by atoms with Crippen LogP contribution in [0.3, 0.4) is 0 Å². The molecule has 6 aromatic carbocycles. The molecule has 0 radical (unpaired) electrons. The van der Waals surface area contributed by atoms with Gasteiger partial charge in [-0.05, 0) is 170 Å². The van der Waals surface area contributed by atoms with E-state index in [1.54, 1.807) is 11.1 Å². The average molecular weight is 786 g/mol. The van der Waals surface area contributed by atoms with Crippen LogP contribution in [-0.4, -0.2) is 0 Å². The van der Waals surface area contributed by atoms with Crippen molar-refractivity contribution in [3.05, 3.63) is 161 Å². The summed E-state index contributed by atoms with van der Waals surface area (Å²) >= 11 is 2.06. The highest BCUT2D eigenvalue weighted by Gasteiger charge is 2.84. The minimum absolute atomic E-state index is 0.0416. The van der Waals surface area contributed by atoms with Gasteiger partial charge in [0, 0.05) is 26.3 Å². The highest BCUT2D eigenvalue weighted by Crippen LogP contribution is 2.89. The van der Waals surface area contributed by atoms with Crippen molar-refractivity contribution in [1.82, 2.24) is 0 Å². The van der Waals surface area contributed by atoms with Crippen LogP contribution < -0.4 is 4.90 Å². The Labute approximate surface area is 355 Å². The number of fused-ring (bicyclic) bond motifs is 11. The number of hydrogen-bond donors (Lipinski definition) is 0. The molecule has 13 rings (SSSR count). The first-order valence-electron chi connectivity index (χ1n) is 22.6. The Kier molecular flexibility index (Phi) is 6.83. The number of benzene rings is 6. The van der Waals surface area contributed by atoms with Crippen LogP contribution in [0.25, 0.3) is 22.3 Å². The molecule has 6 aromatic rings. The first-order valence-corrected chi connectivity index (χ1v) is 23.5. The standard InChI is InChI=1S/C57H55NS/c1-53(2)26-27-54(3,4)51-42(53)18-12-20-46(51)58(38-23-24-40-39-16-10-11-17-41(39)55(5,6)44(40)32-38)47-21-13-19-43-52(47)59-48-25-22-36(35-14-8-7-9-15-35)30-45(48)57(43)49-29-34-28-37-31-50(57)56(37,49)33-34/h7-25,30,32,34,37,49-50H,26-29,31,33H2,1-6H3. The molecule has 0 amide bonds. The van der Waals surface area contributed by atoms with Gasteiger partial charge >= 0.3 is 0 Å². The van der Waals surface area contributed by atoms with Gasteiger partial charge in [0.15, 0.2) is 0 Å². The number of rotatable bonds is 4. The highest BCUT2D eigenvalue weighted by atomic mass is 32.2. The molecule has 2 heteroatoms. The number of anilines is 3. The van der Waals surface area contributed by atoms with Crippen molar-refractivity contribution in [3.63, 3.8) is 0 Å². The van der Waals surface area contributed by atoms with Gasteiger partial charge in [0.1, 0.15) is 0 Å². The van der Waals surface area contributed by atoms with Gasteiger partial charge < -0.3 is 4.90 Å². The summed E-state index contributed by atoms with van der Waals surface area (Å²) in [5.41, 5.74) is 19.3. The topological polar surface area (TPSA) is 3.24 Å². The van der Waals surface area contributed by atoms with Gasteiger partial charge in [0.25, 0.3) is 0 Å². The number of nitrogens with zero attached hydrogens (tertiary/aromatic N) is 1. The van der Waals surface area contributed by atoms with E-state index < -0.39 is 0 Å². The second-order valence-corrected chi connectivity index (χ2v) is 22.6. The lowest BCUT2D eigenvalue weighted by molar-refractivity contribution is -0.235. The quantitative estimate of drug-likeness (QED) is 0.175. The Morgan fingerprint density at radius 1 is 0.542 bits per heavy atom. The van der Waals surface area contributed by atoms with E-state index in [2.05, 4.69) is 186 Å². The molecular formula is C57H55NS. The fraction of sp³-hybridized carbons (Fsp3) is 0.368. The maximum Gasteiger partial charge on any atom is 0.0604 e. The van der Waals surface area contributed by atoms with Crippen molar-refractivity contribution in [1.29, 1.82) is 0 Å². The molecule has 4 fully saturated rings. The summed E-state index contributed by atoms with van der Waals surface area (Å²) in [7, 11) is 0. The Balaban J connectivity index is 1.07. The van der Waals surface area contributed by atoms with Crippen LogP contribution in [0, 0.1) is 29.1 Å². The van der Waals surface area contributed by atoms with Crippen molar-refractivity contribution < 1.29 is 0 Å². The van der Waals surface area contributed by atoms with Gasteiger partial charge in [-0.3, -0.25) is 0 Å². The molecule has 1 aliphatic heterocycles. The monoisotopic (exact) mass is 785 g/mol. The van der Waals surface area contributed by atoms with Gasteiger partial charge in [-0.2, -0.15) is 0 Å². The van der Waals surface area contributed by atoms with Crippen molar-refractivity contribution in [2.24, 2.45) is 29.1 Å². The van der Waals surface area contributed by atoms with E-state index in [0.717, 1.165) is 23.7 Å². The van der Waals surface area contributed by atoms with Gasteiger partial charge in [-0.25, -0.2) is 0 Å². The summed E-state index contributed by atoms with van der Waals surface area (Å²) in [4.78, 5) is 5.71. The summed E-state index contributed by atoms with van der Waals surface area (Å²) in [6.45, 7) is 14.8. The van der Waals surface area contributed by atoms with Crippen LogP contribution >= 0.6 is 11.8 Å². The predicted octanol–water partition coefficient (Wildman–Crippen LogP) is 15.3. The SMILES string of the molecule is CC1(C)CCC(C)(C)c2c(N(c3ccc4c(c3)C(C)(C)c3ccccc3-4)c3cccc4c3Sc3ccc(-c5ccccc5)cc3C43C4CC5CC6CC3C64C5)cccc21. The first-order chi connectivity index (χ1) is 28.4. The van der Waals surface area contributed by atoms with Crippen LogP contribution in [0.2, 0.25) is 0 Å². The third kappa shape index (κ3) is 4.25. The molecule has 59 heavy (non-hydrogen) atoms. The van der Waals surface area contributed by atoms with E-state index in [9.17, 15) is 0 Å². The molecule has 1 heterocycles. The van der Waals surface area contributed by atoms with E-state index in [1.807, 2.05) is 0 Å². The zero-order chi connectivity index (χ0) is 39.8.